The molecule has 1 saturated carbocycles. The van der Waals surface area contributed by atoms with Gasteiger partial charge in [-0.2, -0.15) is 5.26 Å². The Kier molecular flexibility index (Phi) is 5.74. The van der Waals surface area contributed by atoms with Crippen molar-refractivity contribution in [2.24, 2.45) is 5.92 Å². The molecule has 0 amide bonds. The molecule has 2 aliphatic rings. The minimum absolute atomic E-state index is 0.243. The summed E-state index contributed by atoms with van der Waals surface area (Å²) in [7, 11) is 0. The maximum Gasteiger partial charge on any atom is 0.0672 e. The second-order valence-corrected chi connectivity index (χ2v) is 5.79. The molecule has 2 rings (SSSR count). The van der Waals surface area contributed by atoms with Crippen LogP contribution in [0.15, 0.2) is 11.6 Å². The number of allylic oxidation sites excluding steroid dienone is 1. The Labute approximate surface area is 111 Å². The van der Waals surface area contributed by atoms with Crippen molar-refractivity contribution in [1.29, 1.82) is 5.26 Å². The van der Waals surface area contributed by atoms with Crippen molar-refractivity contribution in [3.63, 3.8) is 0 Å². The van der Waals surface area contributed by atoms with Gasteiger partial charge in [-0.3, -0.25) is 0 Å². The van der Waals surface area contributed by atoms with Crippen LogP contribution in [-0.4, -0.2) is 12.6 Å². The average molecular weight is 246 g/mol. The van der Waals surface area contributed by atoms with E-state index in [0.29, 0.717) is 6.04 Å². The lowest BCUT2D eigenvalue weighted by Crippen LogP contribution is -2.35. The van der Waals surface area contributed by atoms with Crippen LogP contribution in [0.4, 0.5) is 0 Å². The van der Waals surface area contributed by atoms with Crippen LogP contribution in [0, 0.1) is 17.2 Å². The SMILES string of the molecule is N#CC1CCCCCC1NCCC1=CCCCC1. The van der Waals surface area contributed by atoms with Crippen molar-refractivity contribution < 1.29 is 0 Å². The van der Waals surface area contributed by atoms with Crippen molar-refractivity contribution in [2.45, 2.75) is 70.3 Å². The number of nitrogens with one attached hydrogen (secondary N) is 1. The van der Waals surface area contributed by atoms with E-state index in [1.165, 1.54) is 57.8 Å². The van der Waals surface area contributed by atoms with Gasteiger partial charge in [0, 0.05) is 6.04 Å². The molecule has 0 saturated heterocycles. The Hall–Kier alpha value is -0.810. The first-order valence-electron chi connectivity index (χ1n) is 7.71. The average Bonchev–Trinajstić information content (AvgIpc) is 2.65. The molecule has 2 atom stereocenters. The Balaban J connectivity index is 1.73. The summed E-state index contributed by atoms with van der Waals surface area (Å²) in [5.41, 5.74) is 1.64. The summed E-state index contributed by atoms with van der Waals surface area (Å²) in [6, 6.07) is 2.95. The Morgan fingerprint density at radius 2 is 2.06 bits per heavy atom. The van der Waals surface area contributed by atoms with Crippen molar-refractivity contribution in [2.75, 3.05) is 6.54 Å². The van der Waals surface area contributed by atoms with Gasteiger partial charge in [0.2, 0.25) is 0 Å². The predicted octanol–water partition coefficient (Wildman–Crippen LogP) is 3.94. The Bertz CT molecular complexity index is 314. The monoisotopic (exact) mass is 246 g/mol. The van der Waals surface area contributed by atoms with Crippen molar-refractivity contribution in [3.05, 3.63) is 11.6 Å². The minimum Gasteiger partial charge on any atom is -0.312 e. The Morgan fingerprint density at radius 1 is 1.17 bits per heavy atom. The molecular formula is C16H26N2. The van der Waals surface area contributed by atoms with Gasteiger partial charge in [0.25, 0.3) is 0 Å². The smallest absolute Gasteiger partial charge is 0.0672 e. The molecule has 1 N–H and O–H groups in total. The maximum atomic E-state index is 9.23. The molecule has 2 aliphatic carbocycles. The van der Waals surface area contributed by atoms with E-state index in [1.54, 1.807) is 5.57 Å². The number of rotatable bonds is 4. The van der Waals surface area contributed by atoms with Gasteiger partial charge >= 0.3 is 0 Å². The fourth-order valence-electron chi connectivity index (χ4n) is 3.26. The van der Waals surface area contributed by atoms with Crippen LogP contribution in [0.2, 0.25) is 0 Å². The van der Waals surface area contributed by atoms with E-state index in [2.05, 4.69) is 17.5 Å². The third-order valence-electron chi connectivity index (χ3n) is 4.42. The van der Waals surface area contributed by atoms with Crippen molar-refractivity contribution in [3.8, 4) is 6.07 Å². The van der Waals surface area contributed by atoms with Crippen molar-refractivity contribution >= 4 is 0 Å². The zero-order chi connectivity index (χ0) is 12.6. The summed E-state index contributed by atoms with van der Waals surface area (Å²) in [6.07, 6.45) is 15.1. The zero-order valence-corrected chi connectivity index (χ0v) is 11.5. The summed E-state index contributed by atoms with van der Waals surface area (Å²) in [4.78, 5) is 0. The highest BCUT2D eigenvalue weighted by molar-refractivity contribution is 5.05. The second-order valence-electron chi connectivity index (χ2n) is 5.79. The van der Waals surface area contributed by atoms with Gasteiger partial charge in [-0.15, -0.1) is 0 Å². The summed E-state index contributed by atoms with van der Waals surface area (Å²) in [5, 5.41) is 12.9. The third-order valence-corrected chi connectivity index (χ3v) is 4.42. The lowest BCUT2D eigenvalue weighted by Gasteiger charge is -2.21. The van der Waals surface area contributed by atoms with Crippen LogP contribution in [0.3, 0.4) is 0 Å². The highest BCUT2D eigenvalue weighted by atomic mass is 14.9. The summed E-state index contributed by atoms with van der Waals surface area (Å²) in [6.45, 7) is 1.06. The number of hydrogen-bond acceptors (Lipinski definition) is 2. The van der Waals surface area contributed by atoms with Crippen molar-refractivity contribution in [1.82, 2.24) is 5.32 Å². The molecule has 2 heteroatoms. The first-order valence-corrected chi connectivity index (χ1v) is 7.71. The Morgan fingerprint density at radius 3 is 2.83 bits per heavy atom. The predicted molar refractivity (Wildman–Crippen MR) is 75.1 cm³/mol. The largest absolute Gasteiger partial charge is 0.312 e. The van der Waals surface area contributed by atoms with Crippen LogP contribution in [0.5, 0.6) is 0 Å². The molecule has 1 fully saturated rings. The van der Waals surface area contributed by atoms with Crippen LogP contribution in [0.1, 0.15) is 64.2 Å². The quantitative estimate of drug-likeness (QED) is 0.602. The van der Waals surface area contributed by atoms with Gasteiger partial charge in [0.1, 0.15) is 0 Å². The molecule has 2 nitrogen and oxygen atoms in total. The first kappa shape index (κ1) is 13.6. The van der Waals surface area contributed by atoms with Crippen LogP contribution >= 0.6 is 0 Å². The van der Waals surface area contributed by atoms with Crippen LogP contribution < -0.4 is 5.32 Å². The lowest BCUT2D eigenvalue weighted by atomic mass is 9.95. The van der Waals surface area contributed by atoms with Gasteiger partial charge in [-0.05, 0) is 51.5 Å². The van der Waals surface area contributed by atoms with E-state index in [4.69, 9.17) is 0 Å². The molecule has 18 heavy (non-hydrogen) atoms. The molecule has 0 aromatic carbocycles. The summed E-state index contributed by atoms with van der Waals surface area (Å²) >= 11 is 0. The molecule has 0 heterocycles. The zero-order valence-electron chi connectivity index (χ0n) is 11.5. The molecular weight excluding hydrogens is 220 g/mol. The standard InChI is InChI=1S/C16H26N2/c17-13-15-9-5-2-6-10-16(15)18-12-11-14-7-3-1-4-8-14/h7,15-16,18H,1-6,8-12H2. The number of nitrogens with zero attached hydrogens (tertiary/aromatic N) is 1. The van der Waals surface area contributed by atoms with Gasteiger partial charge in [-0.1, -0.05) is 30.9 Å². The molecule has 0 aromatic heterocycles. The molecule has 0 spiro atoms. The highest BCUT2D eigenvalue weighted by Gasteiger charge is 2.22. The van der Waals surface area contributed by atoms with E-state index in [9.17, 15) is 5.26 Å². The van der Waals surface area contributed by atoms with E-state index >= 15 is 0 Å². The molecule has 0 bridgehead atoms. The lowest BCUT2D eigenvalue weighted by molar-refractivity contribution is 0.396. The number of nitriles is 1. The van der Waals surface area contributed by atoms with Gasteiger partial charge in [-0.25, -0.2) is 0 Å². The maximum absolute atomic E-state index is 9.23. The fourth-order valence-corrected chi connectivity index (χ4v) is 3.26. The van der Waals surface area contributed by atoms with Gasteiger partial charge in [0.15, 0.2) is 0 Å². The highest BCUT2D eigenvalue weighted by Crippen LogP contribution is 2.24. The summed E-state index contributed by atoms with van der Waals surface area (Å²) < 4.78 is 0. The summed E-state index contributed by atoms with van der Waals surface area (Å²) in [5.74, 6) is 0.243. The minimum atomic E-state index is 0.243. The van der Waals surface area contributed by atoms with Crippen LogP contribution in [-0.2, 0) is 0 Å². The molecule has 100 valence electrons. The van der Waals surface area contributed by atoms with E-state index in [1.807, 2.05) is 0 Å². The fraction of sp³-hybridized carbons (Fsp3) is 0.812. The molecule has 0 radical (unpaired) electrons. The van der Waals surface area contributed by atoms with E-state index < -0.39 is 0 Å². The first-order chi connectivity index (χ1) is 8.90. The number of hydrogen-bond donors (Lipinski definition) is 1. The molecule has 0 aliphatic heterocycles. The normalized spacial score (nSPS) is 29.2. The van der Waals surface area contributed by atoms with Crippen LogP contribution in [0.25, 0.3) is 0 Å². The van der Waals surface area contributed by atoms with E-state index in [-0.39, 0.29) is 5.92 Å². The van der Waals surface area contributed by atoms with Gasteiger partial charge < -0.3 is 5.32 Å². The van der Waals surface area contributed by atoms with E-state index in [0.717, 1.165) is 13.0 Å². The molecule has 0 aromatic rings. The third kappa shape index (κ3) is 4.14. The topological polar surface area (TPSA) is 35.8 Å². The van der Waals surface area contributed by atoms with Gasteiger partial charge in [0.05, 0.1) is 12.0 Å². The molecule has 2 unspecified atom stereocenters. The second kappa shape index (κ2) is 7.59.